The van der Waals surface area contributed by atoms with Gasteiger partial charge in [0.2, 0.25) is 0 Å². The molecule has 2 rings (SSSR count). The van der Waals surface area contributed by atoms with Crippen LogP contribution < -0.4 is 5.73 Å². The summed E-state index contributed by atoms with van der Waals surface area (Å²) in [4.78, 5) is 2.55. The number of aliphatic hydroxyl groups is 2. The first kappa shape index (κ1) is 19.9. The lowest BCUT2D eigenvalue weighted by Crippen LogP contribution is -2.47. The summed E-state index contributed by atoms with van der Waals surface area (Å²) in [5, 5.41) is 18.5. The number of allylic oxidation sites excluding steroid dienone is 1. The molecule has 0 aliphatic rings. The van der Waals surface area contributed by atoms with E-state index in [1.807, 2.05) is 0 Å². The molecule has 136 valence electrons. The molecule has 0 saturated carbocycles. The van der Waals surface area contributed by atoms with Gasteiger partial charge in [-0.05, 0) is 48.6 Å². The highest BCUT2D eigenvalue weighted by Crippen LogP contribution is 2.29. The van der Waals surface area contributed by atoms with Gasteiger partial charge in [0.05, 0.1) is 18.8 Å². The van der Waals surface area contributed by atoms with Crippen LogP contribution in [0, 0.1) is 0 Å². The van der Waals surface area contributed by atoms with Crippen molar-refractivity contribution in [2.45, 2.75) is 44.6 Å². The predicted octanol–water partition coefficient (Wildman–Crippen LogP) is 4.23. The van der Waals surface area contributed by atoms with Gasteiger partial charge in [0.15, 0.2) is 0 Å². The minimum atomic E-state index is -0.897. The SMILES string of the molecule is CCCCC=Cc1ccc(-c2ccc(CCC(N)(CO)CO)cc2)s1. The molecule has 0 fully saturated rings. The Labute approximate surface area is 154 Å². The molecule has 2 aromatic rings. The molecule has 1 heterocycles. The first-order valence-electron chi connectivity index (χ1n) is 8.96. The van der Waals surface area contributed by atoms with E-state index < -0.39 is 5.54 Å². The van der Waals surface area contributed by atoms with E-state index in [0.717, 1.165) is 18.4 Å². The Hall–Kier alpha value is -1.46. The highest BCUT2D eigenvalue weighted by atomic mass is 32.1. The van der Waals surface area contributed by atoms with Crippen molar-refractivity contribution in [3.63, 3.8) is 0 Å². The van der Waals surface area contributed by atoms with E-state index in [9.17, 15) is 10.2 Å². The summed E-state index contributed by atoms with van der Waals surface area (Å²) < 4.78 is 0. The lowest BCUT2D eigenvalue weighted by atomic mass is 9.93. The van der Waals surface area contributed by atoms with Crippen LogP contribution in [-0.2, 0) is 6.42 Å². The van der Waals surface area contributed by atoms with Crippen LogP contribution >= 0.6 is 11.3 Å². The molecule has 3 nitrogen and oxygen atoms in total. The molecule has 0 atom stereocenters. The number of thiophene rings is 1. The monoisotopic (exact) mass is 359 g/mol. The first-order chi connectivity index (χ1) is 12.1. The fourth-order valence-corrected chi connectivity index (χ4v) is 3.50. The Bertz CT molecular complexity index is 657. The average molecular weight is 360 g/mol. The smallest absolute Gasteiger partial charge is 0.0633 e. The highest BCUT2D eigenvalue weighted by Gasteiger charge is 2.22. The quantitative estimate of drug-likeness (QED) is 0.556. The van der Waals surface area contributed by atoms with Gasteiger partial charge in [-0.1, -0.05) is 50.1 Å². The van der Waals surface area contributed by atoms with Gasteiger partial charge in [0.25, 0.3) is 0 Å². The second-order valence-corrected chi connectivity index (χ2v) is 7.74. The van der Waals surface area contributed by atoms with E-state index in [0.29, 0.717) is 6.42 Å². The lowest BCUT2D eigenvalue weighted by molar-refractivity contribution is 0.115. The molecule has 0 amide bonds. The Kier molecular flexibility index (Phi) is 7.85. The fourth-order valence-electron chi connectivity index (χ4n) is 2.56. The Morgan fingerprint density at radius 2 is 1.80 bits per heavy atom. The molecule has 0 aliphatic carbocycles. The molecule has 4 heteroatoms. The number of hydrogen-bond donors (Lipinski definition) is 3. The summed E-state index contributed by atoms with van der Waals surface area (Å²) in [7, 11) is 0. The molecular formula is C21H29NO2S. The van der Waals surface area contributed by atoms with Crippen molar-refractivity contribution < 1.29 is 10.2 Å². The topological polar surface area (TPSA) is 66.5 Å². The molecule has 25 heavy (non-hydrogen) atoms. The van der Waals surface area contributed by atoms with Crippen LogP contribution in [0.5, 0.6) is 0 Å². The zero-order chi connectivity index (χ0) is 18.1. The third-order valence-electron chi connectivity index (χ3n) is 4.41. The molecule has 0 spiro atoms. The van der Waals surface area contributed by atoms with E-state index in [2.05, 4.69) is 55.5 Å². The molecule has 0 aliphatic heterocycles. The van der Waals surface area contributed by atoms with Gasteiger partial charge in [0, 0.05) is 9.75 Å². The van der Waals surface area contributed by atoms with E-state index in [-0.39, 0.29) is 13.2 Å². The number of aryl methyl sites for hydroxylation is 1. The first-order valence-corrected chi connectivity index (χ1v) is 9.78. The standard InChI is InChI=1S/C21H29NO2S/c1-2-3-4-5-6-19-11-12-20(25-19)18-9-7-17(8-10-18)13-14-21(22,15-23)16-24/h5-12,23-24H,2-4,13-16,22H2,1H3. The van der Waals surface area contributed by atoms with Crippen LogP contribution in [0.15, 0.2) is 42.5 Å². The fraction of sp³-hybridized carbons (Fsp3) is 0.429. The minimum absolute atomic E-state index is 0.203. The number of benzene rings is 1. The van der Waals surface area contributed by atoms with Gasteiger partial charge in [-0.25, -0.2) is 0 Å². The van der Waals surface area contributed by atoms with Gasteiger partial charge in [-0.15, -0.1) is 11.3 Å². The number of aliphatic hydroxyl groups excluding tert-OH is 2. The van der Waals surface area contributed by atoms with Gasteiger partial charge < -0.3 is 15.9 Å². The third kappa shape index (κ3) is 6.08. The Morgan fingerprint density at radius 3 is 2.44 bits per heavy atom. The largest absolute Gasteiger partial charge is 0.394 e. The van der Waals surface area contributed by atoms with Crippen LogP contribution in [0.25, 0.3) is 16.5 Å². The van der Waals surface area contributed by atoms with Crippen molar-refractivity contribution in [3.05, 3.63) is 52.9 Å². The van der Waals surface area contributed by atoms with E-state index in [1.165, 1.54) is 28.2 Å². The second kappa shape index (κ2) is 9.88. The zero-order valence-electron chi connectivity index (χ0n) is 14.9. The summed E-state index contributed by atoms with van der Waals surface area (Å²) in [6, 6.07) is 12.8. The summed E-state index contributed by atoms with van der Waals surface area (Å²) >= 11 is 1.80. The van der Waals surface area contributed by atoms with Crippen LogP contribution in [-0.4, -0.2) is 29.0 Å². The summed E-state index contributed by atoms with van der Waals surface area (Å²) in [6.45, 7) is 1.80. The maximum absolute atomic E-state index is 9.26. The van der Waals surface area contributed by atoms with Crippen molar-refractivity contribution in [1.82, 2.24) is 0 Å². The average Bonchev–Trinajstić information content (AvgIpc) is 3.13. The normalized spacial score (nSPS) is 12.2. The third-order valence-corrected chi connectivity index (χ3v) is 5.51. The van der Waals surface area contributed by atoms with E-state index >= 15 is 0 Å². The number of hydrogen-bond acceptors (Lipinski definition) is 4. The molecule has 0 unspecified atom stereocenters. The summed E-state index contributed by atoms with van der Waals surface area (Å²) in [6.07, 6.45) is 9.38. The van der Waals surface area contributed by atoms with Crippen LogP contribution in [0.1, 0.15) is 43.0 Å². The van der Waals surface area contributed by atoms with Crippen molar-refractivity contribution in [2.75, 3.05) is 13.2 Å². The van der Waals surface area contributed by atoms with Crippen LogP contribution in [0.4, 0.5) is 0 Å². The van der Waals surface area contributed by atoms with Gasteiger partial charge in [-0.2, -0.15) is 0 Å². The molecular weight excluding hydrogens is 330 g/mol. The lowest BCUT2D eigenvalue weighted by Gasteiger charge is -2.24. The van der Waals surface area contributed by atoms with Gasteiger partial charge >= 0.3 is 0 Å². The molecule has 1 aromatic heterocycles. The molecule has 0 bridgehead atoms. The maximum atomic E-state index is 9.26. The minimum Gasteiger partial charge on any atom is -0.394 e. The molecule has 0 radical (unpaired) electrons. The summed E-state index contributed by atoms with van der Waals surface area (Å²) in [5.41, 5.74) is 7.40. The molecule has 0 saturated heterocycles. The van der Waals surface area contributed by atoms with Crippen molar-refractivity contribution in [2.24, 2.45) is 5.73 Å². The molecule has 4 N–H and O–H groups in total. The van der Waals surface area contributed by atoms with Crippen LogP contribution in [0.3, 0.4) is 0 Å². The zero-order valence-corrected chi connectivity index (χ0v) is 15.8. The predicted molar refractivity (Wildman–Crippen MR) is 108 cm³/mol. The van der Waals surface area contributed by atoms with Gasteiger partial charge in [-0.3, -0.25) is 0 Å². The van der Waals surface area contributed by atoms with Crippen molar-refractivity contribution >= 4 is 17.4 Å². The number of nitrogens with two attached hydrogens (primary N) is 1. The van der Waals surface area contributed by atoms with E-state index in [1.54, 1.807) is 11.3 Å². The Morgan fingerprint density at radius 1 is 1.08 bits per heavy atom. The second-order valence-electron chi connectivity index (χ2n) is 6.62. The number of rotatable bonds is 10. The van der Waals surface area contributed by atoms with Crippen LogP contribution in [0.2, 0.25) is 0 Å². The molecule has 1 aromatic carbocycles. The highest BCUT2D eigenvalue weighted by molar-refractivity contribution is 7.16. The maximum Gasteiger partial charge on any atom is 0.0633 e. The van der Waals surface area contributed by atoms with Crippen molar-refractivity contribution in [1.29, 1.82) is 0 Å². The summed E-state index contributed by atoms with van der Waals surface area (Å²) in [5.74, 6) is 0. The Balaban J connectivity index is 1.96. The van der Waals surface area contributed by atoms with Crippen molar-refractivity contribution in [3.8, 4) is 10.4 Å². The van der Waals surface area contributed by atoms with E-state index in [4.69, 9.17) is 5.73 Å². The van der Waals surface area contributed by atoms with Gasteiger partial charge in [0.1, 0.15) is 0 Å². The number of unbranched alkanes of at least 4 members (excludes halogenated alkanes) is 2.